The Morgan fingerprint density at radius 3 is 2.40 bits per heavy atom. The van der Waals surface area contributed by atoms with E-state index in [1.165, 1.54) is 5.54 Å². The second-order valence-electron chi connectivity index (χ2n) is 2.44. The van der Waals surface area contributed by atoms with Gasteiger partial charge in [-0.15, -0.1) is 0 Å². The van der Waals surface area contributed by atoms with Crippen molar-refractivity contribution < 1.29 is 14.3 Å². The molecule has 1 saturated heterocycles. The SMILES string of the molecule is CC1(C)OC(=O)OC1=CCl. The largest absolute Gasteiger partial charge is 0.514 e. The van der Waals surface area contributed by atoms with Crippen LogP contribution >= 0.6 is 11.6 Å². The first-order valence-electron chi connectivity index (χ1n) is 2.78. The number of carbonyl (C=O) groups excluding carboxylic acids is 1. The molecule has 1 rings (SSSR count). The van der Waals surface area contributed by atoms with Gasteiger partial charge in [0, 0.05) is 5.54 Å². The molecule has 0 atom stereocenters. The van der Waals surface area contributed by atoms with Crippen molar-refractivity contribution in [2.45, 2.75) is 19.4 Å². The standard InChI is InChI=1S/C6H7ClO3/c1-6(2)4(3-7)9-5(8)10-6/h3H,1-2H3. The fraction of sp³-hybridized carbons (Fsp3) is 0.500. The molecule has 0 aromatic rings. The van der Waals surface area contributed by atoms with Crippen LogP contribution in [0.4, 0.5) is 4.79 Å². The maximum Gasteiger partial charge on any atom is 0.514 e. The first-order valence-corrected chi connectivity index (χ1v) is 3.21. The van der Waals surface area contributed by atoms with E-state index < -0.39 is 11.8 Å². The van der Waals surface area contributed by atoms with Crippen molar-refractivity contribution in [3.63, 3.8) is 0 Å². The molecule has 1 fully saturated rings. The summed E-state index contributed by atoms with van der Waals surface area (Å²) in [5, 5.41) is 0. The van der Waals surface area contributed by atoms with Crippen molar-refractivity contribution >= 4 is 17.8 Å². The highest BCUT2D eigenvalue weighted by molar-refractivity contribution is 6.25. The molecule has 0 bridgehead atoms. The van der Waals surface area contributed by atoms with E-state index in [4.69, 9.17) is 16.3 Å². The lowest BCUT2D eigenvalue weighted by molar-refractivity contribution is 0.0872. The van der Waals surface area contributed by atoms with E-state index in [0.29, 0.717) is 5.76 Å². The zero-order valence-corrected chi connectivity index (χ0v) is 6.44. The molecule has 0 amide bonds. The molecular weight excluding hydrogens is 156 g/mol. The van der Waals surface area contributed by atoms with Gasteiger partial charge in [-0.25, -0.2) is 4.79 Å². The van der Waals surface area contributed by atoms with Crippen LogP contribution in [0.1, 0.15) is 13.8 Å². The maximum absolute atomic E-state index is 10.5. The third kappa shape index (κ3) is 1.09. The van der Waals surface area contributed by atoms with Crippen molar-refractivity contribution in [2.75, 3.05) is 0 Å². The highest BCUT2D eigenvalue weighted by atomic mass is 35.5. The van der Waals surface area contributed by atoms with E-state index in [2.05, 4.69) is 4.74 Å². The van der Waals surface area contributed by atoms with E-state index in [1.54, 1.807) is 13.8 Å². The summed E-state index contributed by atoms with van der Waals surface area (Å²) in [4.78, 5) is 10.5. The molecule has 1 aliphatic heterocycles. The van der Waals surface area contributed by atoms with E-state index in [0.717, 1.165) is 0 Å². The fourth-order valence-corrected chi connectivity index (χ4v) is 0.953. The Morgan fingerprint density at radius 1 is 1.60 bits per heavy atom. The molecule has 4 heteroatoms. The van der Waals surface area contributed by atoms with Gasteiger partial charge in [0.15, 0.2) is 11.4 Å². The van der Waals surface area contributed by atoms with E-state index in [-0.39, 0.29) is 0 Å². The molecule has 0 aromatic heterocycles. The van der Waals surface area contributed by atoms with Crippen LogP contribution in [0.2, 0.25) is 0 Å². The lowest BCUT2D eigenvalue weighted by atomic mass is 10.1. The Morgan fingerprint density at radius 2 is 2.20 bits per heavy atom. The van der Waals surface area contributed by atoms with Gasteiger partial charge in [-0.2, -0.15) is 0 Å². The van der Waals surface area contributed by atoms with Crippen LogP contribution in [-0.4, -0.2) is 11.8 Å². The zero-order chi connectivity index (χ0) is 7.78. The summed E-state index contributed by atoms with van der Waals surface area (Å²) in [6.07, 6.45) is -0.697. The Bertz CT molecular complexity index is 195. The molecule has 0 saturated carbocycles. The second-order valence-corrected chi connectivity index (χ2v) is 2.66. The van der Waals surface area contributed by atoms with Gasteiger partial charge in [0.05, 0.1) is 0 Å². The van der Waals surface area contributed by atoms with E-state index >= 15 is 0 Å². The Kier molecular flexibility index (Phi) is 1.60. The maximum atomic E-state index is 10.5. The summed E-state index contributed by atoms with van der Waals surface area (Å²) in [6.45, 7) is 3.40. The smallest absolute Gasteiger partial charge is 0.420 e. The Balaban J connectivity index is 2.88. The van der Waals surface area contributed by atoms with Gasteiger partial charge in [-0.3, -0.25) is 0 Å². The first kappa shape index (κ1) is 7.41. The molecule has 10 heavy (non-hydrogen) atoms. The average molecular weight is 163 g/mol. The third-order valence-electron chi connectivity index (χ3n) is 1.22. The molecule has 0 aliphatic carbocycles. The van der Waals surface area contributed by atoms with Crippen LogP contribution in [0.15, 0.2) is 11.3 Å². The minimum Gasteiger partial charge on any atom is -0.420 e. The van der Waals surface area contributed by atoms with Gasteiger partial charge >= 0.3 is 6.16 Å². The number of hydrogen-bond donors (Lipinski definition) is 0. The summed E-state index contributed by atoms with van der Waals surface area (Å²) in [7, 11) is 0. The summed E-state index contributed by atoms with van der Waals surface area (Å²) in [5.74, 6) is 0.346. The Hall–Kier alpha value is -0.700. The number of hydrogen-bond acceptors (Lipinski definition) is 3. The quantitative estimate of drug-likeness (QED) is 0.511. The van der Waals surface area contributed by atoms with Crippen molar-refractivity contribution in [1.82, 2.24) is 0 Å². The van der Waals surface area contributed by atoms with Crippen molar-refractivity contribution in [3.05, 3.63) is 11.3 Å². The van der Waals surface area contributed by atoms with Crippen molar-refractivity contribution in [3.8, 4) is 0 Å². The average Bonchev–Trinajstić information content (AvgIpc) is 2.04. The number of halogens is 1. The number of carbonyl (C=O) groups is 1. The molecule has 0 aromatic carbocycles. The summed E-state index contributed by atoms with van der Waals surface area (Å²) in [6, 6.07) is 0. The molecule has 1 aliphatic rings. The predicted octanol–water partition coefficient (Wildman–Crippen LogP) is 2.01. The number of cyclic esters (lactones) is 2. The number of ether oxygens (including phenoxy) is 2. The van der Waals surface area contributed by atoms with Crippen LogP contribution in [0.5, 0.6) is 0 Å². The summed E-state index contributed by atoms with van der Waals surface area (Å²) >= 11 is 5.34. The molecule has 0 unspecified atom stereocenters. The minimum absolute atomic E-state index is 0.346. The monoisotopic (exact) mass is 162 g/mol. The Labute approximate surface area is 63.6 Å². The third-order valence-corrected chi connectivity index (χ3v) is 1.42. The van der Waals surface area contributed by atoms with Crippen molar-refractivity contribution in [1.29, 1.82) is 0 Å². The lowest BCUT2D eigenvalue weighted by Gasteiger charge is -2.12. The molecule has 0 N–H and O–H groups in total. The molecule has 0 spiro atoms. The summed E-state index contributed by atoms with van der Waals surface area (Å²) in [5.41, 5.74) is 0.490. The molecule has 1 heterocycles. The van der Waals surface area contributed by atoms with Crippen LogP contribution in [-0.2, 0) is 9.47 Å². The van der Waals surface area contributed by atoms with Crippen LogP contribution in [0.3, 0.4) is 0 Å². The van der Waals surface area contributed by atoms with Crippen LogP contribution < -0.4 is 0 Å². The molecular formula is C6H7ClO3. The zero-order valence-electron chi connectivity index (χ0n) is 5.68. The molecule has 0 radical (unpaired) electrons. The van der Waals surface area contributed by atoms with Gasteiger partial charge in [0.1, 0.15) is 0 Å². The van der Waals surface area contributed by atoms with Gasteiger partial charge in [0.25, 0.3) is 0 Å². The van der Waals surface area contributed by atoms with Crippen LogP contribution in [0, 0.1) is 0 Å². The van der Waals surface area contributed by atoms with E-state index in [1.807, 2.05) is 0 Å². The van der Waals surface area contributed by atoms with Gasteiger partial charge in [0.2, 0.25) is 0 Å². The molecule has 3 nitrogen and oxygen atoms in total. The van der Waals surface area contributed by atoms with Gasteiger partial charge < -0.3 is 9.47 Å². The topological polar surface area (TPSA) is 35.5 Å². The lowest BCUT2D eigenvalue weighted by Crippen LogP contribution is -2.19. The summed E-state index contributed by atoms with van der Waals surface area (Å²) < 4.78 is 9.33. The highest BCUT2D eigenvalue weighted by Gasteiger charge is 2.38. The van der Waals surface area contributed by atoms with Gasteiger partial charge in [-0.1, -0.05) is 11.6 Å². The first-order chi connectivity index (χ1) is 4.56. The van der Waals surface area contributed by atoms with Crippen LogP contribution in [0.25, 0.3) is 0 Å². The fourth-order valence-electron chi connectivity index (χ4n) is 0.646. The minimum atomic E-state index is -0.709. The normalized spacial score (nSPS) is 26.3. The number of rotatable bonds is 0. The van der Waals surface area contributed by atoms with E-state index in [9.17, 15) is 4.79 Å². The highest BCUT2D eigenvalue weighted by Crippen LogP contribution is 2.29. The predicted molar refractivity (Wildman–Crippen MR) is 35.6 cm³/mol. The van der Waals surface area contributed by atoms with Crippen molar-refractivity contribution in [2.24, 2.45) is 0 Å². The second kappa shape index (κ2) is 2.16. The molecule has 56 valence electrons. The van der Waals surface area contributed by atoms with Gasteiger partial charge in [-0.05, 0) is 13.8 Å².